The van der Waals surface area contributed by atoms with Crippen molar-refractivity contribution in [2.24, 2.45) is 11.5 Å². The van der Waals surface area contributed by atoms with Gasteiger partial charge in [-0.05, 0) is 25.1 Å². The molecule has 0 unspecified atom stereocenters. The molecule has 0 atom stereocenters. The summed E-state index contributed by atoms with van der Waals surface area (Å²) in [6.07, 6.45) is 1.11. The Bertz CT molecular complexity index is 866. The molecule has 0 aliphatic rings. The molecule has 2 rings (SSSR count). The Morgan fingerprint density at radius 3 is 2.77 bits per heavy atom. The van der Waals surface area contributed by atoms with Crippen LogP contribution in [0.25, 0.3) is 0 Å². The number of rotatable bonds is 7. The molecular weight excluding hydrogens is 367 g/mol. The highest BCUT2D eigenvalue weighted by atomic mass is 35.5. The Labute approximate surface area is 152 Å². The lowest BCUT2D eigenvalue weighted by atomic mass is 10.3. The molecule has 1 heterocycles. The van der Waals surface area contributed by atoms with Crippen LogP contribution in [0.1, 0.15) is 16.3 Å². The van der Waals surface area contributed by atoms with Crippen molar-refractivity contribution in [1.82, 2.24) is 5.32 Å². The van der Waals surface area contributed by atoms with Gasteiger partial charge in [-0.15, -0.1) is 0 Å². The van der Waals surface area contributed by atoms with Crippen molar-refractivity contribution >= 4 is 29.0 Å². The van der Waals surface area contributed by atoms with Crippen molar-refractivity contribution in [3.05, 3.63) is 58.5 Å². The molecule has 0 radical (unpaired) electrons. The zero-order valence-corrected chi connectivity index (χ0v) is 14.4. The van der Waals surface area contributed by atoms with Crippen molar-refractivity contribution in [3.8, 4) is 5.75 Å². The standard InChI is InChI=1S/C16H16ClFN4O4/c1-8-13(26-22-10-2-3-12(18)11(17)4-10)5-14(25-8)15(23)16(24)21-7-9(20)6-19/h2-6,22H,7,19-20H2,1H3,(H,21,24)/b9-6-. The molecule has 10 heteroatoms. The molecule has 0 aliphatic carbocycles. The van der Waals surface area contributed by atoms with E-state index in [1.165, 1.54) is 18.2 Å². The Balaban J connectivity index is 2.02. The number of benzene rings is 1. The van der Waals surface area contributed by atoms with Crippen LogP contribution < -0.4 is 27.1 Å². The Morgan fingerprint density at radius 1 is 1.38 bits per heavy atom. The van der Waals surface area contributed by atoms with Gasteiger partial charge in [0.05, 0.1) is 17.3 Å². The van der Waals surface area contributed by atoms with Crippen molar-refractivity contribution in [2.45, 2.75) is 6.92 Å². The van der Waals surface area contributed by atoms with Gasteiger partial charge >= 0.3 is 0 Å². The second-order valence-corrected chi connectivity index (χ2v) is 5.52. The Kier molecular flexibility index (Phi) is 6.07. The molecule has 1 amide bonds. The number of carbonyl (C=O) groups is 2. The van der Waals surface area contributed by atoms with Crippen molar-refractivity contribution in [3.63, 3.8) is 0 Å². The third-order valence-electron chi connectivity index (χ3n) is 3.17. The maximum atomic E-state index is 13.1. The van der Waals surface area contributed by atoms with Crippen LogP contribution in [0, 0.1) is 12.7 Å². The largest absolute Gasteiger partial charge is 0.454 e. The lowest BCUT2D eigenvalue weighted by molar-refractivity contribution is -0.116. The molecule has 0 aliphatic heterocycles. The summed E-state index contributed by atoms with van der Waals surface area (Å²) in [5.41, 5.74) is 13.7. The highest BCUT2D eigenvalue weighted by Crippen LogP contribution is 2.25. The molecule has 0 fully saturated rings. The molecule has 0 bridgehead atoms. The normalized spacial score (nSPS) is 11.1. The van der Waals surface area contributed by atoms with E-state index < -0.39 is 17.5 Å². The summed E-state index contributed by atoms with van der Waals surface area (Å²) in [6, 6.07) is 5.14. The molecule has 138 valence electrons. The Hall–Kier alpha value is -3.20. The minimum Gasteiger partial charge on any atom is -0.454 e. The van der Waals surface area contributed by atoms with Crippen molar-refractivity contribution in [2.75, 3.05) is 12.0 Å². The fourth-order valence-electron chi connectivity index (χ4n) is 1.79. The molecule has 0 saturated heterocycles. The van der Waals surface area contributed by atoms with Gasteiger partial charge in [0.2, 0.25) is 0 Å². The van der Waals surface area contributed by atoms with Gasteiger partial charge in [-0.1, -0.05) is 11.6 Å². The molecular formula is C16H16ClFN4O4. The van der Waals surface area contributed by atoms with E-state index in [1.807, 2.05) is 0 Å². The lowest BCUT2D eigenvalue weighted by Crippen LogP contribution is -2.34. The Morgan fingerprint density at radius 2 is 2.12 bits per heavy atom. The maximum absolute atomic E-state index is 13.1. The molecule has 26 heavy (non-hydrogen) atoms. The predicted molar refractivity (Wildman–Crippen MR) is 92.9 cm³/mol. The van der Waals surface area contributed by atoms with Gasteiger partial charge in [-0.3, -0.25) is 9.59 Å². The fraction of sp³-hybridized carbons (Fsp3) is 0.125. The van der Waals surface area contributed by atoms with Gasteiger partial charge in [0.1, 0.15) is 11.6 Å². The quantitative estimate of drug-likeness (QED) is 0.326. The zero-order chi connectivity index (χ0) is 19.3. The number of hydrogen-bond acceptors (Lipinski definition) is 7. The summed E-state index contributed by atoms with van der Waals surface area (Å²) in [6.45, 7) is 1.47. The number of nitrogens with two attached hydrogens (primary N) is 2. The minimum absolute atomic E-state index is 0.0724. The third-order valence-corrected chi connectivity index (χ3v) is 3.46. The number of amides is 1. The molecule has 0 saturated carbocycles. The monoisotopic (exact) mass is 382 g/mol. The molecule has 2 aromatic rings. The number of carbonyl (C=O) groups excluding carboxylic acids is 2. The number of Topliss-reactive ketones (excluding diaryl/α,β-unsaturated/α-hetero) is 1. The fourth-order valence-corrected chi connectivity index (χ4v) is 1.97. The first-order valence-electron chi connectivity index (χ1n) is 7.29. The average molecular weight is 383 g/mol. The van der Waals surface area contributed by atoms with E-state index in [-0.39, 0.29) is 34.5 Å². The van der Waals surface area contributed by atoms with Crippen LogP contribution in [0.2, 0.25) is 5.02 Å². The van der Waals surface area contributed by atoms with Gasteiger partial charge in [-0.2, -0.15) is 0 Å². The van der Waals surface area contributed by atoms with Gasteiger partial charge in [-0.25, -0.2) is 9.87 Å². The molecule has 0 spiro atoms. The highest BCUT2D eigenvalue weighted by molar-refractivity contribution is 6.42. The van der Waals surface area contributed by atoms with E-state index in [1.54, 1.807) is 6.92 Å². The molecule has 1 aromatic carbocycles. The van der Waals surface area contributed by atoms with Crippen LogP contribution in [-0.4, -0.2) is 18.2 Å². The van der Waals surface area contributed by atoms with Gasteiger partial charge in [0.15, 0.2) is 11.5 Å². The predicted octanol–water partition coefficient (Wildman–Crippen LogP) is 1.84. The second-order valence-electron chi connectivity index (χ2n) is 5.12. The van der Waals surface area contributed by atoms with Gasteiger partial charge in [0.25, 0.3) is 11.7 Å². The highest BCUT2D eigenvalue weighted by Gasteiger charge is 2.22. The summed E-state index contributed by atoms with van der Waals surface area (Å²) in [7, 11) is 0. The van der Waals surface area contributed by atoms with Crippen molar-refractivity contribution < 1.29 is 23.2 Å². The first-order chi connectivity index (χ1) is 12.3. The number of anilines is 1. The number of hydrogen-bond donors (Lipinski definition) is 4. The summed E-state index contributed by atoms with van der Waals surface area (Å²) in [4.78, 5) is 29.1. The SMILES string of the molecule is Cc1oc(C(=O)C(=O)NC/C(N)=C/N)cc1ONc1ccc(F)c(Cl)c1. The molecule has 6 N–H and O–H groups in total. The summed E-state index contributed by atoms with van der Waals surface area (Å²) >= 11 is 5.67. The summed E-state index contributed by atoms with van der Waals surface area (Å²) in [5, 5.41) is 2.22. The van der Waals surface area contributed by atoms with E-state index in [9.17, 15) is 14.0 Å². The third kappa shape index (κ3) is 4.67. The lowest BCUT2D eigenvalue weighted by Gasteiger charge is -2.07. The van der Waals surface area contributed by atoms with E-state index in [2.05, 4.69) is 10.8 Å². The van der Waals surface area contributed by atoms with E-state index in [0.717, 1.165) is 12.3 Å². The van der Waals surface area contributed by atoms with Crippen LogP contribution in [0.5, 0.6) is 5.75 Å². The second kappa shape index (κ2) is 8.26. The van der Waals surface area contributed by atoms with Crippen molar-refractivity contribution in [1.29, 1.82) is 0 Å². The first-order valence-corrected chi connectivity index (χ1v) is 7.66. The number of ketones is 1. The number of halogens is 2. The van der Waals surface area contributed by atoms with E-state index in [0.29, 0.717) is 5.69 Å². The topological polar surface area (TPSA) is 133 Å². The van der Waals surface area contributed by atoms with Crippen LogP contribution in [-0.2, 0) is 4.79 Å². The smallest absolute Gasteiger partial charge is 0.296 e. The van der Waals surface area contributed by atoms with Crippen LogP contribution in [0.4, 0.5) is 10.1 Å². The van der Waals surface area contributed by atoms with E-state index in [4.69, 9.17) is 32.3 Å². The van der Waals surface area contributed by atoms with E-state index >= 15 is 0 Å². The first kappa shape index (κ1) is 19.1. The zero-order valence-electron chi connectivity index (χ0n) is 13.6. The maximum Gasteiger partial charge on any atom is 0.296 e. The molecule has 8 nitrogen and oxygen atoms in total. The average Bonchev–Trinajstić information content (AvgIpc) is 3.00. The minimum atomic E-state index is -0.909. The van der Waals surface area contributed by atoms with Gasteiger partial charge in [0, 0.05) is 18.0 Å². The van der Waals surface area contributed by atoms with Crippen LogP contribution in [0.3, 0.4) is 0 Å². The summed E-state index contributed by atoms with van der Waals surface area (Å²) in [5.74, 6) is -2.18. The number of nitrogens with one attached hydrogen (secondary N) is 2. The molecule has 1 aromatic heterocycles. The van der Waals surface area contributed by atoms with Crippen LogP contribution >= 0.6 is 11.6 Å². The van der Waals surface area contributed by atoms with Crippen LogP contribution in [0.15, 0.2) is 40.6 Å². The van der Waals surface area contributed by atoms with Gasteiger partial charge < -0.3 is 26.0 Å². The number of furan rings is 1. The summed E-state index contributed by atoms with van der Waals surface area (Å²) < 4.78 is 18.4. The number of aryl methyl sites for hydroxylation is 1.